The molecule has 0 saturated heterocycles. The lowest BCUT2D eigenvalue weighted by Crippen LogP contribution is -2.51. The Morgan fingerprint density at radius 2 is 2.11 bits per heavy atom. The van der Waals surface area contributed by atoms with Gasteiger partial charge in [0.05, 0.1) is 6.26 Å². The second-order valence-corrected chi connectivity index (χ2v) is 4.55. The summed E-state index contributed by atoms with van der Waals surface area (Å²) in [5.41, 5.74) is -1.15. The van der Waals surface area contributed by atoms with Crippen molar-refractivity contribution in [3.8, 4) is 0 Å². The summed E-state index contributed by atoms with van der Waals surface area (Å²) in [6.07, 6.45) is 2.17. The van der Waals surface area contributed by atoms with E-state index in [1.807, 2.05) is 0 Å². The van der Waals surface area contributed by atoms with E-state index in [0.29, 0.717) is 12.8 Å². The van der Waals surface area contributed by atoms with E-state index in [1.54, 1.807) is 6.07 Å². The molecule has 1 aliphatic carbocycles. The van der Waals surface area contributed by atoms with Gasteiger partial charge in [0, 0.05) is 0 Å². The fraction of sp³-hybridized carbons (Fsp3) is 0.417. The molecule has 19 heavy (non-hydrogen) atoms. The Balaban J connectivity index is 1.90. The lowest BCUT2D eigenvalue weighted by molar-refractivity contribution is -0.143. The van der Waals surface area contributed by atoms with Gasteiger partial charge in [-0.1, -0.05) is 0 Å². The molecular weight excluding hydrogens is 252 g/mol. The Hall–Kier alpha value is -2.31. The van der Waals surface area contributed by atoms with Crippen LogP contribution >= 0.6 is 0 Å². The molecule has 0 aromatic carbocycles. The Morgan fingerprint density at radius 3 is 2.58 bits per heavy atom. The zero-order valence-electron chi connectivity index (χ0n) is 10.3. The fourth-order valence-corrected chi connectivity index (χ4v) is 1.60. The number of hydrogen-bond donors (Lipinski definition) is 3. The van der Waals surface area contributed by atoms with E-state index in [4.69, 9.17) is 9.52 Å². The number of aliphatic carboxylic acids is 1. The molecule has 1 saturated carbocycles. The Morgan fingerprint density at radius 1 is 1.42 bits per heavy atom. The number of carbonyl (C=O) groups excluding carboxylic acids is 2. The van der Waals surface area contributed by atoms with E-state index in [9.17, 15) is 14.4 Å². The Bertz CT molecular complexity index is 504. The minimum Gasteiger partial charge on any atom is -0.480 e. The van der Waals surface area contributed by atoms with E-state index in [1.165, 1.54) is 19.3 Å². The number of nitrogens with one attached hydrogen (secondary N) is 2. The van der Waals surface area contributed by atoms with Crippen molar-refractivity contribution in [2.45, 2.75) is 31.3 Å². The molecule has 1 fully saturated rings. The van der Waals surface area contributed by atoms with Gasteiger partial charge in [-0.05, 0) is 31.9 Å². The molecule has 2 rings (SSSR count). The number of carboxylic acid groups (broad SMARTS) is 1. The molecule has 102 valence electrons. The standard InChI is InChI=1S/C12H14N2O5/c1-7(13-10(16)8-3-2-6-19-8)9(15)14-12(4-5-12)11(17)18/h2-3,6-7H,4-5H2,1H3,(H,13,16)(H,14,15)(H,17,18). The smallest absolute Gasteiger partial charge is 0.329 e. The van der Waals surface area contributed by atoms with Gasteiger partial charge in [-0.3, -0.25) is 9.59 Å². The van der Waals surface area contributed by atoms with Crippen LogP contribution in [0, 0.1) is 0 Å². The number of rotatable bonds is 5. The molecular formula is C12H14N2O5. The van der Waals surface area contributed by atoms with Crippen LogP contribution < -0.4 is 10.6 Å². The largest absolute Gasteiger partial charge is 0.480 e. The molecule has 0 radical (unpaired) electrons. The van der Waals surface area contributed by atoms with Crippen molar-refractivity contribution < 1.29 is 23.9 Å². The van der Waals surface area contributed by atoms with Crippen molar-refractivity contribution in [3.05, 3.63) is 24.2 Å². The van der Waals surface area contributed by atoms with Crippen molar-refractivity contribution in [2.24, 2.45) is 0 Å². The van der Waals surface area contributed by atoms with Crippen LogP contribution in [0.3, 0.4) is 0 Å². The first kappa shape index (κ1) is 13.1. The molecule has 0 bridgehead atoms. The lowest BCUT2D eigenvalue weighted by Gasteiger charge is -2.17. The van der Waals surface area contributed by atoms with Crippen LogP contribution in [0.25, 0.3) is 0 Å². The topological polar surface area (TPSA) is 109 Å². The molecule has 7 heteroatoms. The van der Waals surface area contributed by atoms with Crippen molar-refractivity contribution in [2.75, 3.05) is 0 Å². The van der Waals surface area contributed by atoms with Crippen LogP contribution in [0.5, 0.6) is 0 Å². The number of hydrogen-bond acceptors (Lipinski definition) is 4. The summed E-state index contributed by atoms with van der Waals surface area (Å²) >= 11 is 0. The maximum Gasteiger partial charge on any atom is 0.329 e. The third-order valence-electron chi connectivity index (χ3n) is 3.01. The van der Waals surface area contributed by atoms with Crippen LogP contribution in [-0.2, 0) is 9.59 Å². The van der Waals surface area contributed by atoms with E-state index >= 15 is 0 Å². The lowest BCUT2D eigenvalue weighted by atomic mass is 10.2. The van der Waals surface area contributed by atoms with Gasteiger partial charge in [-0.25, -0.2) is 4.79 Å². The molecule has 2 amide bonds. The number of amides is 2. The average Bonchev–Trinajstić information content (AvgIpc) is 2.93. The molecule has 0 aliphatic heterocycles. The van der Waals surface area contributed by atoms with Gasteiger partial charge in [-0.15, -0.1) is 0 Å². The van der Waals surface area contributed by atoms with Crippen molar-refractivity contribution >= 4 is 17.8 Å². The molecule has 1 aromatic rings. The Kier molecular flexibility index (Phi) is 3.28. The van der Waals surface area contributed by atoms with Crippen LogP contribution in [0.15, 0.2) is 22.8 Å². The minimum absolute atomic E-state index is 0.0963. The monoisotopic (exact) mass is 266 g/mol. The minimum atomic E-state index is -1.15. The molecule has 7 nitrogen and oxygen atoms in total. The molecule has 1 aromatic heterocycles. The van der Waals surface area contributed by atoms with Crippen molar-refractivity contribution in [1.82, 2.24) is 10.6 Å². The van der Waals surface area contributed by atoms with Gasteiger partial charge < -0.3 is 20.2 Å². The van der Waals surface area contributed by atoms with E-state index in [0.717, 1.165) is 0 Å². The van der Waals surface area contributed by atoms with E-state index in [-0.39, 0.29) is 5.76 Å². The highest BCUT2D eigenvalue weighted by Crippen LogP contribution is 2.35. The second-order valence-electron chi connectivity index (χ2n) is 4.55. The van der Waals surface area contributed by atoms with Gasteiger partial charge in [0.15, 0.2) is 5.76 Å². The average molecular weight is 266 g/mol. The molecule has 1 heterocycles. The summed E-state index contributed by atoms with van der Waals surface area (Å²) in [6, 6.07) is 2.19. The predicted octanol–water partition coefficient (Wildman–Crippen LogP) is 0.131. The quantitative estimate of drug-likeness (QED) is 0.702. The number of carbonyl (C=O) groups is 3. The van der Waals surface area contributed by atoms with Gasteiger partial charge >= 0.3 is 5.97 Å². The van der Waals surface area contributed by atoms with Gasteiger partial charge in [0.1, 0.15) is 11.6 Å². The SMILES string of the molecule is CC(NC(=O)c1ccco1)C(=O)NC1(C(=O)O)CC1. The molecule has 1 aliphatic rings. The zero-order valence-corrected chi connectivity index (χ0v) is 10.3. The van der Waals surface area contributed by atoms with Crippen LogP contribution in [-0.4, -0.2) is 34.5 Å². The highest BCUT2D eigenvalue weighted by Gasteiger charge is 2.52. The summed E-state index contributed by atoms with van der Waals surface area (Å²) in [5, 5.41) is 13.8. The summed E-state index contributed by atoms with van der Waals surface area (Å²) in [6.45, 7) is 1.48. The maximum absolute atomic E-state index is 11.8. The fourth-order valence-electron chi connectivity index (χ4n) is 1.60. The van der Waals surface area contributed by atoms with E-state index < -0.39 is 29.4 Å². The molecule has 3 N–H and O–H groups in total. The first-order valence-corrected chi connectivity index (χ1v) is 5.84. The number of carboxylic acids is 1. The van der Waals surface area contributed by atoms with Gasteiger partial charge in [-0.2, -0.15) is 0 Å². The van der Waals surface area contributed by atoms with Crippen molar-refractivity contribution in [3.63, 3.8) is 0 Å². The van der Waals surface area contributed by atoms with Gasteiger partial charge in [0.2, 0.25) is 5.91 Å². The highest BCUT2D eigenvalue weighted by molar-refractivity contribution is 5.97. The summed E-state index contributed by atoms with van der Waals surface area (Å²) in [5.74, 6) is -2.00. The van der Waals surface area contributed by atoms with Gasteiger partial charge in [0.25, 0.3) is 5.91 Å². The maximum atomic E-state index is 11.8. The van der Waals surface area contributed by atoms with Crippen molar-refractivity contribution in [1.29, 1.82) is 0 Å². The summed E-state index contributed by atoms with van der Waals surface area (Å²) < 4.78 is 4.89. The molecule has 1 unspecified atom stereocenters. The summed E-state index contributed by atoms with van der Waals surface area (Å²) in [4.78, 5) is 34.4. The highest BCUT2D eigenvalue weighted by atomic mass is 16.4. The predicted molar refractivity (Wildman–Crippen MR) is 63.4 cm³/mol. The Labute approximate surface area is 109 Å². The second kappa shape index (κ2) is 4.75. The third-order valence-corrected chi connectivity index (χ3v) is 3.01. The van der Waals surface area contributed by atoms with Crippen LogP contribution in [0.2, 0.25) is 0 Å². The van der Waals surface area contributed by atoms with Crippen LogP contribution in [0.1, 0.15) is 30.3 Å². The zero-order chi connectivity index (χ0) is 14.0. The normalized spacial score (nSPS) is 17.3. The van der Waals surface area contributed by atoms with E-state index in [2.05, 4.69) is 10.6 Å². The summed E-state index contributed by atoms with van der Waals surface area (Å²) in [7, 11) is 0. The van der Waals surface area contributed by atoms with Crippen LogP contribution in [0.4, 0.5) is 0 Å². The molecule has 1 atom stereocenters. The molecule has 0 spiro atoms. The first-order valence-electron chi connectivity index (χ1n) is 5.84. The number of furan rings is 1. The third kappa shape index (κ3) is 2.75. The first-order chi connectivity index (χ1) is 8.94.